The zero-order valence-corrected chi connectivity index (χ0v) is 18.8. The van der Waals surface area contributed by atoms with E-state index in [0.717, 1.165) is 19.3 Å². The number of nitrogens with zero attached hydrogens (tertiary/aromatic N) is 4. The molecule has 1 aromatic carbocycles. The normalized spacial score (nSPS) is 20.8. The van der Waals surface area contributed by atoms with Crippen molar-refractivity contribution < 1.29 is 19.0 Å². The number of carbonyl (C=O) groups is 1. The summed E-state index contributed by atoms with van der Waals surface area (Å²) >= 11 is 0. The Morgan fingerprint density at radius 3 is 2.81 bits per heavy atom. The first kappa shape index (κ1) is 22.6. The summed E-state index contributed by atoms with van der Waals surface area (Å²) in [6, 6.07) is 6.30. The van der Waals surface area contributed by atoms with E-state index in [1.165, 1.54) is 12.1 Å². The van der Waals surface area contributed by atoms with Crippen LogP contribution in [0.25, 0.3) is 11.1 Å². The van der Waals surface area contributed by atoms with Gasteiger partial charge in [-0.05, 0) is 30.5 Å². The van der Waals surface area contributed by atoms with Crippen LogP contribution in [-0.2, 0) is 9.53 Å². The summed E-state index contributed by atoms with van der Waals surface area (Å²) in [5.41, 5.74) is 1.07. The van der Waals surface area contributed by atoms with Crippen LogP contribution in [0.5, 0.6) is 0 Å². The molecule has 0 spiro atoms. The van der Waals surface area contributed by atoms with E-state index in [9.17, 15) is 14.3 Å². The number of benzene rings is 1. The molecule has 2 aliphatic rings. The van der Waals surface area contributed by atoms with Gasteiger partial charge >= 0.3 is 0 Å². The van der Waals surface area contributed by atoms with Crippen LogP contribution in [0.15, 0.2) is 30.5 Å². The quantitative estimate of drug-likeness (QED) is 0.765. The monoisotopic (exact) mass is 442 g/mol. The van der Waals surface area contributed by atoms with Gasteiger partial charge in [-0.2, -0.15) is 0 Å². The third kappa shape index (κ3) is 5.07. The van der Waals surface area contributed by atoms with Gasteiger partial charge in [-0.15, -0.1) is 0 Å². The number of hydrogen-bond donors (Lipinski definition) is 1. The van der Waals surface area contributed by atoms with E-state index >= 15 is 0 Å². The van der Waals surface area contributed by atoms with Gasteiger partial charge in [0, 0.05) is 32.4 Å². The number of aliphatic hydroxyl groups is 1. The highest BCUT2D eigenvalue weighted by atomic mass is 19.1. The van der Waals surface area contributed by atoms with Gasteiger partial charge in [0.05, 0.1) is 30.9 Å². The summed E-state index contributed by atoms with van der Waals surface area (Å²) in [6.45, 7) is 1.19. The Hall–Kier alpha value is -2.58. The molecule has 1 saturated heterocycles. The van der Waals surface area contributed by atoms with Crippen molar-refractivity contribution in [2.24, 2.45) is 0 Å². The fourth-order valence-electron chi connectivity index (χ4n) is 4.55. The molecule has 1 aliphatic heterocycles. The first-order valence-corrected chi connectivity index (χ1v) is 11.3. The van der Waals surface area contributed by atoms with Gasteiger partial charge in [-0.25, -0.2) is 14.4 Å². The Bertz CT molecular complexity index is 962. The molecule has 1 N–H and O–H groups in total. The fraction of sp³-hybridized carbons (Fsp3) is 0.542. The summed E-state index contributed by atoms with van der Waals surface area (Å²) < 4.78 is 19.9. The van der Waals surface area contributed by atoms with E-state index in [1.54, 1.807) is 22.1 Å². The molecule has 2 aromatic rings. The second-order valence-electron chi connectivity index (χ2n) is 9.03. The van der Waals surface area contributed by atoms with Crippen molar-refractivity contribution >= 4 is 11.9 Å². The molecule has 1 aromatic heterocycles. The largest absolute Gasteiger partial charge is 0.389 e. The van der Waals surface area contributed by atoms with E-state index in [2.05, 4.69) is 4.98 Å². The van der Waals surface area contributed by atoms with Crippen LogP contribution in [0.2, 0.25) is 0 Å². The molecular weight excluding hydrogens is 411 g/mol. The van der Waals surface area contributed by atoms with Crippen molar-refractivity contribution in [1.29, 1.82) is 0 Å². The third-order valence-corrected chi connectivity index (χ3v) is 6.33. The molecule has 0 bridgehead atoms. The maximum atomic E-state index is 13.9. The van der Waals surface area contributed by atoms with Crippen molar-refractivity contribution in [2.45, 2.75) is 50.2 Å². The zero-order valence-electron chi connectivity index (χ0n) is 18.8. The Balaban J connectivity index is 1.59. The highest BCUT2D eigenvalue weighted by molar-refractivity contribution is 5.77. The lowest BCUT2D eigenvalue weighted by molar-refractivity contribution is -0.145. The van der Waals surface area contributed by atoms with Gasteiger partial charge in [0.25, 0.3) is 0 Å². The summed E-state index contributed by atoms with van der Waals surface area (Å²) in [5, 5.41) is 10.8. The molecule has 172 valence electrons. The number of rotatable bonds is 5. The third-order valence-electron chi connectivity index (χ3n) is 6.33. The topological polar surface area (TPSA) is 78.8 Å². The number of hydrogen-bond acceptors (Lipinski definition) is 6. The second kappa shape index (κ2) is 9.50. The van der Waals surface area contributed by atoms with Crippen LogP contribution >= 0.6 is 0 Å². The van der Waals surface area contributed by atoms with E-state index in [-0.39, 0.29) is 18.1 Å². The predicted octanol–water partition coefficient (Wildman–Crippen LogP) is 3.33. The van der Waals surface area contributed by atoms with Crippen molar-refractivity contribution in [2.75, 3.05) is 38.7 Å². The van der Waals surface area contributed by atoms with E-state index < -0.39 is 11.7 Å². The first-order chi connectivity index (χ1) is 15.3. The smallest absolute Gasteiger partial charge is 0.225 e. The second-order valence-corrected chi connectivity index (χ2v) is 9.03. The Morgan fingerprint density at radius 2 is 2.09 bits per heavy atom. The Labute approximate surface area is 188 Å². The van der Waals surface area contributed by atoms with Crippen LogP contribution in [0.4, 0.5) is 10.3 Å². The highest BCUT2D eigenvalue weighted by Gasteiger charge is 2.36. The van der Waals surface area contributed by atoms with Gasteiger partial charge in [0.1, 0.15) is 11.9 Å². The minimum absolute atomic E-state index is 0.0584. The van der Waals surface area contributed by atoms with E-state index in [4.69, 9.17) is 9.72 Å². The molecule has 0 radical (unpaired) electrons. The number of morpholine rings is 1. The molecule has 4 rings (SSSR count). The SMILES string of the molecule is CN(C)c1ncc(-c2cccc(F)c2)c([C@@H]2CN(C(=O)CC3(O)CCCCC3)CCO2)n1. The molecular formula is C24H31FN4O3. The molecule has 2 fully saturated rings. The van der Waals surface area contributed by atoms with Crippen LogP contribution in [0.3, 0.4) is 0 Å². The first-order valence-electron chi connectivity index (χ1n) is 11.3. The van der Waals surface area contributed by atoms with Gasteiger partial charge in [-0.3, -0.25) is 4.79 Å². The van der Waals surface area contributed by atoms with Crippen molar-refractivity contribution in [3.63, 3.8) is 0 Å². The van der Waals surface area contributed by atoms with Gasteiger partial charge < -0.3 is 19.6 Å². The minimum atomic E-state index is -0.900. The average Bonchev–Trinajstić information content (AvgIpc) is 2.79. The standard InChI is InChI=1S/C24H31FN4O3/c1-28(2)23-26-15-19(17-7-6-8-18(25)13-17)22(27-23)20-16-29(11-12-32-20)21(30)14-24(31)9-4-3-5-10-24/h6-8,13,15,20,31H,3-5,9-12,14,16H2,1-2H3/t20-/m0/s1. The average molecular weight is 443 g/mol. The van der Waals surface area contributed by atoms with Crippen LogP contribution < -0.4 is 4.90 Å². The van der Waals surface area contributed by atoms with Crippen LogP contribution in [0, 0.1) is 5.82 Å². The molecule has 1 amide bonds. The molecule has 2 heterocycles. The molecule has 1 atom stereocenters. The van der Waals surface area contributed by atoms with Gasteiger partial charge in [0.2, 0.25) is 11.9 Å². The molecule has 1 saturated carbocycles. The maximum absolute atomic E-state index is 13.9. The number of anilines is 1. The highest BCUT2D eigenvalue weighted by Crippen LogP contribution is 2.34. The summed E-state index contributed by atoms with van der Waals surface area (Å²) in [6.07, 6.45) is 5.74. The number of aromatic nitrogens is 2. The predicted molar refractivity (Wildman–Crippen MR) is 120 cm³/mol. The molecule has 8 heteroatoms. The lowest BCUT2D eigenvalue weighted by atomic mass is 9.82. The van der Waals surface area contributed by atoms with Crippen molar-refractivity contribution in [3.05, 3.63) is 42.0 Å². The van der Waals surface area contributed by atoms with Crippen molar-refractivity contribution in [3.8, 4) is 11.1 Å². The van der Waals surface area contributed by atoms with E-state index in [1.807, 2.05) is 20.2 Å². The van der Waals surface area contributed by atoms with Gasteiger partial charge in [0.15, 0.2) is 0 Å². The molecule has 1 aliphatic carbocycles. The molecule has 0 unspecified atom stereocenters. The summed E-state index contributed by atoms with van der Waals surface area (Å²) in [5.74, 6) is 0.118. The maximum Gasteiger partial charge on any atom is 0.225 e. The molecule has 7 nitrogen and oxygen atoms in total. The van der Waals surface area contributed by atoms with Gasteiger partial charge in [-0.1, -0.05) is 31.4 Å². The minimum Gasteiger partial charge on any atom is -0.389 e. The van der Waals surface area contributed by atoms with E-state index in [0.29, 0.717) is 55.3 Å². The number of ether oxygens (including phenoxy) is 1. The number of amides is 1. The Morgan fingerprint density at radius 1 is 1.31 bits per heavy atom. The fourth-order valence-corrected chi connectivity index (χ4v) is 4.55. The lowest BCUT2D eigenvalue weighted by Crippen LogP contribution is -2.46. The summed E-state index contributed by atoms with van der Waals surface area (Å²) in [4.78, 5) is 25.7. The Kier molecular flexibility index (Phi) is 6.71. The zero-order chi connectivity index (χ0) is 22.7. The van der Waals surface area contributed by atoms with Crippen LogP contribution in [-0.4, -0.2) is 65.3 Å². The lowest BCUT2D eigenvalue weighted by Gasteiger charge is -2.37. The number of halogens is 1. The van der Waals surface area contributed by atoms with Crippen LogP contribution in [0.1, 0.15) is 50.3 Å². The number of carbonyl (C=O) groups excluding carboxylic acids is 1. The summed E-state index contributed by atoms with van der Waals surface area (Å²) in [7, 11) is 3.70. The van der Waals surface area contributed by atoms with Crippen molar-refractivity contribution in [1.82, 2.24) is 14.9 Å². The molecule has 32 heavy (non-hydrogen) atoms.